The van der Waals surface area contributed by atoms with E-state index in [2.05, 4.69) is 16.9 Å². The highest BCUT2D eigenvalue weighted by molar-refractivity contribution is 5.01. The largest absolute Gasteiger partial charge is 0.370 e. The van der Waals surface area contributed by atoms with Gasteiger partial charge in [0, 0.05) is 12.4 Å². The molecule has 1 aromatic rings. The monoisotopic (exact) mass is 302 g/mol. The Morgan fingerprint density at radius 3 is 2.05 bits per heavy atom. The van der Waals surface area contributed by atoms with Gasteiger partial charge >= 0.3 is 0 Å². The first-order valence-corrected chi connectivity index (χ1v) is 9.10. The Bertz CT molecular complexity index is 443. The van der Waals surface area contributed by atoms with Crippen LogP contribution in [-0.4, -0.2) is 16.1 Å². The minimum atomic E-state index is 0.420. The number of aryl methyl sites for hydroxylation is 1. The van der Waals surface area contributed by atoms with E-state index in [0.29, 0.717) is 12.7 Å². The van der Waals surface area contributed by atoms with E-state index in [9.17, 15) is 0 Å². The molecule has 2 fully saturated rings. The van der Waals surface area contributed by atoms with Gasteiger partial charge < -0.3 is 4.74 Å². The van der Waals surface area contributed by atoms with Crippen LogP contribution in [0.2, 0.25) is 0 Å². The van der Waals surface area contributed by atoms with Crippen molar-refractivity contribution < 1.29 is 4.74 Å². The third-order valence-electron chi connectivity index (χ3n) is 5.73. The summed E-state index contributed by atoms with van der Waals surface area (Å²) in [7, 11) is 0. The minimum absolute atomic E-state index is 0.420. The topological polar surface area (TPSA) is 35.0 Å². The molecule has 2 aliphatic rings. The van der Waals surface area contributed by atoms with Crippen molar-refractivity contribution >= 4 is 0 Å². The Morgan fingerprint density at radius 1 is 0.909 bits per heavy atom. The van der Waals surface area contributed by atoms with Gasteiger partial charge in [0.05, 0.1) is 6.10 Å². The highest BCUT2D eigenvalue weighted by Crippen LogP contribution is 2.40. The predicted octanol–water partition coefficient (Wildman–Crippen LogP) is 4.69. The molecule has 0 bridgehead atoms. The molecule has 0 N–H and O–H groups in total. The Morgan fingerprint density at radius 2 is 1.45 bits per heavy atom. The highest BCUT2D eigenvalue weighted by atomic mass is 16.5. The minimum Gasteiger partial charge on any atom is -0.370 e. The zero-order valence-electron chi connectivity index (χ0n) is 14.1. The van der Waals surface area contributed by atoms with Crippen LogP contribution in [0.1, 0.15) is 69.7 Å². The SMILES string of the molecule is Cc1cnc(COC2CCC(C3CCC(C)CC3)CC2)nc1. The average Bonchev–Trinajstić information content (AvgIpc) is 2.56. The van der Waals surface area contributed by atoms with Crippen molar-refractivity contribution in [2.75, 3.05) is 0 Å². The number of rotatable bonds is 4. The first-order valence-electron chi connectivity index (χ1n) is 9.10. The quantitative estimate of drug-likeness (QED) is 0.809. The molecule has 0 radical (unpaired) electrons. The Labute approximate surface area is 134 Å². The maximum atomic E-state index is 6.04. The van der Waals surface area contributed by atoms with Crippen molar-refractivity contribution in [1.29, 1.82) is 0 Å². The van der Waals surface area contributed by atoms with Gasteiger partial charge in [0.15, 0.2) is 5.82 Å². The Kier molecular flexibility index (Phi) is 5.46. The summed E-state index contributed by atoms with van der Waals surface area (Å²) in [6.07, 6.45) is 15.2. The number of nitrogens with zero attached hydrogens (tertiary/aromatic N) is 2. The number of ether oxygens (including phenoxy) is 1. The fourth-order valence-corrected chi connectivity index (χ4v) is 4.17. The van der Waals surface area contributed by atoms with E-state index in [1.165, 1.54) is 51.4 Å². The fraction of sp³-hybridized carbons (Fsp3) is 0.789. The van der Waals surface area contributed by atoms with Gasteiger partial charge in [0.25, 0.3) is 0 Å². The van der Waals surface area contributed by atoms with Gasteiger partial charge in [-0.25, -0.2) is 9.97 Å². The number of hydrogen-bond acceptors (Lipinski definition) is 3. The molecule has 0 spiro atoms. The van der Waals surface area contributed by atoms with E-state index in [1.807, 2.05) is 19.3 Å². The predicted molar refractivity (Wildman–Crippen MR) is 88.4 cm³/mol. The Hall–Kier alpha value is -0.960. The van der Waals surface area contributed by atoms with E-state index in [4.69, 9.17) is 4.74 Å². The third kappa shape index (κ3) is 4.28. The molecular weight excluding hydrogens is 272 g/mol. The maximum Gasteiger partial charge on any atom is 0.153 e. The van der Waals surface area contributed by atoms with Crippen LogP contribution >= 0.6 is 0 Å². The lowest BCUT2D eigenvalue weighted by Gasteiger charge is -2.37. The molecule has 3 rings (SSSR count). The maximum absolute atomic E-state index is 6.04. The second kappa shape index (κ2) is 7.54. The lowest BCUT2D eigenvalue weighted by atomic mass is 9.71. The van der Waals surface area contributed by atoms with Crippen LogP contribution in [0.3, 0.4) is 0 Å². The summed E-state index contributed by atoms with van der Waals surface area (Å²) in [5, 5.41) is 0. The van der Waals surface area contributed by atoms with Crippen LogP contribution in [0.4, 0.5) is 0 Å². The summed E-state index contributed by atoms with van der Waals surface area (Å²) < 4.78 is 6.04. The summed E-state index contributed by atoms with van der Waals surface area (Å²) >= 11 is 0. The second-order valence-corrected chi connectivity index (χ2v) is 7.54. The normalized spacial score (nSPS) is 32.8. The molecule has 3 nitrogen and oxygen atoms in total. The van der Waals surface area contributed by atoms with Crippen molar-refractivity contribution in [3.05, 3.63) is 23.8 Å². The smallest absolute Gasteiger partial charge is 0.153 e. The number of hydrogen-bond donors (Lipinski definition) is 0. The fourth-order valence-electron chi connectivity index (χ4n) is 4.17. The van der Waals surface area contributed by atoms with Gasteiger partial charge in [-0.3, -0.25) is 0 Å². The summed E-state index contributed by atoms with van der Waals surface area (Å²) in [4.78, 5) is 8.64. The molecule has 0 amide bonds. The number of aromatic nitrogens is 2. The van der Waals surface area contributed by atoms with Crippen LogP contribution in [0.25, 0.3) is 0 Å². The second-order valence-electron chi connectivity index (χ2n) is 7.54. The van der Waals surface area contributed by atoms with Crippen molar-refractivity contribution in [3.63, 3.8) is 0 Å². The highest BCUT2D eigenvalue weighted by Gasteiger charge is 2.30. The summed E-state index contributed by atoms with van der Waals surface area (Å²) in [6, 6.07) is 0. The third-order valence-corrected chi connectivity index (χ3v) is 5.73. The van der Waals surface area contributed by atoms with Crippen molar-refractivity contribution in [2.24, 2.45) is 17.8 Å². The van der Waals surface area contributed by atoms with E-state index in [-0.39, 0.29) is 0 Å². The molecule has 0 unspecified atom stereocenters. The van der Waals surface area contributed by atoms with Gasteiger partial charge in [0.1, 0.15) is 6.61 Å². The molecule has 2 saturated carbocycles. The molecule has 22 heavy (non-hydrogen) atoms. The standard InChI is InChI=1S/C19H30N2O/c1-14-3-5-16(6-4-14)17-7-9-18(10-8-17)22-13-19-20-11-15(2)12-21-19/h11-12,14,16-18H,3-10,13H2,1-2H3. The summed E-state index contributed by atoms with van der Waals surface area (Å²) in [6.45, 7) is 4.99. The summed E-state index contributed by atoms with van der Waals surface area (Å²) in [5.74, 6) is 3.74. The van der Waals surface area contributed by atoms with Crippen molar-refractivity contribution in [3.8, 4) is 0 Å². The van der Waals surface area contributed by atoms with E-state index in [0.717, 1.165) is 29.1 Å². The first-order chi connectivity index (χ1) is 10.7. The van der Waals surface area contributed by atoms with Crippen LogP contribution in [0.15, 0.2) is 12.4 Å². The molecule has 122 valence electrons. The summed E-state index contributed by atoms with van der Waals surface area (Å²) in [5.41, 5.74) is 1.10. The van der Waals surface area contributed by atoms with Crippen molar-refractivity contribution in [2.45, 2.75) is 77.9 Å². The molecule has 2 aliphatic carbocycles. The zero-order valence-corrected chi connectivity index (χ0v) is 14.1. The van der Waals surface area contributed by atoms with Gasteiger partial charge in [-0.05, 0) is 68.8 Å². The first kappa shape index (κ1) is 15.9. The van der Waals surface area contributed by atoms with Crippen LogP contribution < -0.4 is 0 Å². The molecule has 1 aromatic heterocycles. The van der Waals surface area contributed by atoms with Gasteiger partial charge in [0.2, 0.25) is 0 Å². The lowest BCUT2D eigenvalue weighted by molar-refractivity contribution is -0.00526. The zero-order chi connectivity index (χ0) is 15.4. The van der Waals surface area contributed by atoms with Crippen LogP contribution in [0.5, 0.6) is 0 Å². The molecule has 3 heteroatoms. The van der Waals surface area contributed by atoms with Crippen LogP contribution in [0, 0.1) is 24.7 Å². The molecular formula is C19H30N2O. The van der Waals surface area contributed by atoms with E-state index in [1.54, 1.807) is 0 Å². The van der Waals surface area contributed by atoms with Gasteiger partial charge in [-0.15, -0.1) is 0 Å². The molecule has 1 heterocycles. The average molecular weight is 302 g/mol. The molecule has 0 atom stereocenters. The van der Waals surface area contributed by atoms with E-state index >= 15 is 0 Å². The van der Waals surface area contributed by atoms with Gasteiger partial charge in [-0.1, -0.05) is 19.8 Å². The molecule has 0 saturated heterocycles. The lowest BCUT2D eigenvalue weighted by Crippen LogP contribution is -2.28. The molecule has 0 aromatic carbocycles. The Balaban J connectivity index is 1.39. The van der Waals surface area contributed by atoms with Gasteiger partial charge in [-0.2, -0.15) is 0 Å². The van der Waals surface area contributed by atoms with Crippen LogP contribution in [-0.2, 0) is 11.3 Å². The van der Waals surface area contributed by atoms with Crippen molar-refractivity contribution in [1.82, 2.24) is 9.97 Å². The van der Waals surface area contributed by atoms with E-state index < -0.39 is 0 Å². The molecule has 0 aliphatic heterocycles.